The van der Waals surface area contributed by atoms with Crippen LogP contribution in [0.5, 0.6) is 5.75 Å². The van der Waals surface area contributed by atoms with E-state index in [0.717, 1.165) is 28.2 Å². The lowest BCUT2D eigenvalue weighted by atomic mass is 10.0. The van der Waals surface area contributed by atoms with Crippen LogP contribution in [0.2, 0.25) is 0 Å². The van der Waals surface area contributed by atoms with Crippen molar-refractivity contribution in [3.05, 3.63) is 109 Å². The van der Waals surface area contributed by atoms with Gasteiger partial charge in [-0.25, -0.2) is 0 Å². The second kappa shape index (κ2) is 8.23. The van der Waals surface area contributed by atoms with Crippen molar-refractivity contribution >= 4 is 23.5 Å². The van der Waals surface area contributed by atoms with E-state index < -0.39 is 0 Å². The van der Waals surface area contributed by atoms with Gasteiger partial charge in [-0.1, -0.05) is 60.7 Å². The van der Waals surface area contributed by atoms with Crippen molar-refractivity contribution in [2.24, 2.45) is 0 Å². The van der Waals surface area contributed by atoms with Crippen LogP contribution in [0.1, 0.15) is 0 Å². The van der Waals surface area contributed by atoms with E-state index >= 15 is 0 Å². The molecule has 0 aromatic heterocycles. The first-order valence-corrected chi connectivity index (χ1v) is 9.06. The van der Waals surface area contributed by atoms with Crippen molar-refractivity contribution in [1.82, 2.24) is 0 Å². The molecule has 0 fully saturated rings. The van der Waals surface area contributed by atoms with Crippen LogP contribution in [0.25, 0.3) is 11.1 Å². The number of carbonyl (C=O) groups is 1. The summed E-state index contributed by atoms with van der Waals surface area (Å²) in [4.78, 5) is 12.8. The first-order valence-electron chi connectivity index (χ1n) is 9.06. The fourth-order valence-corrected chi connectivity index (χ4v) is 3.21. The highest BCUT2D eigenvalue weighted by molar-refractivity contribution is 5.78. The van der Waals surface area contributed by atoms with Gasteiger partial charge in [-0.2, -0.15) is 0 Å². The molecule has 0 atom stereocenters. The van der Waals surface area contributed by atoms with Crippen LogP contribution in [0.15, 0.2) is 109 Å². The Morgan fingerprint density at radius 2 is 1.14 bits per heavy atom. The highest BCUT2D eigenvalue weighted by Gasteiger charge is 2.11. The fraction of sp³-hybridized carbons (Fsp3) is 0. The summed E-state index contributed by atoms with van der Waals surface area (Å²) in [5.41, 5.74) is 5.32. The van der Waals surface area contributed by atoms with Crippen LogP contribution in [0.4, 0.5) is 17.1 Å². The average Bonchev–Trinajstić information content (AvgIpc) is 2.76. The van der Waals surface area contributed by atoms with Crippen molar-refractivity contribution in [1.29, 1.82) is 0 Å². The van der Waals surface area contributed by atoms with Gasteiger partial charge in [0.2, 0.25) is 0 Å². The predicted molar refractivity (Wildman–Crippen MR) is 113 cm³/mol. The van der Waals surface area contributed by atoms with E-state index in [9.17, 15) is 4.79 Å². The topological polar surface area (TPSA) is 29.5 Å². The maximum atomic E-state index is 10.6. The largest absolute Gasteiger partial charge is 0.429 e. The van der Waals surface area contributed by atoms with Crippen LogP contribution in [-0.2, 0) is 4.79 Å². The fourth-order valence-electron chi connectivity index (χ4n) is 3.21. The number of carbonyl (C=O) groups excluding carboxylic acids is 1. The zero-order valence-electron chi connectivity index (χ0n) is 15.2. The molecule has 136 valence electrons. The van der Waals surface area contributed by atoms with E-state index in [0.29, 0.717) is 12.2 Å². The minimum atomic E-state index is 0.444. The van der Waals surface area contributed by atoms with E-state index in [-0.39, 0.29) is 0 Å². The number of anilines is 3. The molecule has 4 aromatic carbocycles. The van der Waals surface area contributed by atoms with Crippen molar-refractivity contribution in [2.75, 3.05) is 4.90 Å². The lowest BCUT2D eigenvalue weighted by Gasteiger charge is -2.25. The van der Waals surface area contributed by atoms with E-state index in [1.54, 1.807) is 6.07 Å². The molecule has 3 heteroatoms. The van der Waals surface area contributed by atoms with Gasteiger partial charge < -0.3 is 9.64 Å². The molecule has 0 saturated carbocycles. The number of rotatable bonds is 6. The molecule has 0 aliphatic heterocycles. The highest BCUT2D eigenvalue weighted by atomic mass is 16.5. The summed E-state index contributed by atoms with van der Waals surface area (Å²) in [5.74, 6) is 0.534. The Morgan fingerprint density at radius 1 is 0.571 bits per heavy atom. The van der Waals surface area contributed by atoms with Gasteiger partial charge in [-0.05, 0) is 59.7 Å². The monoisotopic (exact) mass is 365 g/mol. The Kier molecular flexibility index (Phi) is 5.16. The Bertz CT molecular complexity index is 1010. The number of para-hydroxylation sites is 2. The van der Waals surface area contributed by atoms with Gasteiger partial charge in [-0.15, -0.1) is 0 Å². The number of nitrogens with zero attached hydrogens (tertiary/aromatic N) is 1. The van der Waals surface area contributed by atoms with Gasteiger partial charge in [0.15, 0.2) is 0 Å². The highest BCUT2D eigenvalue weighted by Crippen LogP contribution is 2.35. The molecule has 28 heavy (non-hydrogen) atoms. The molecule has 3 nitrogen and oxygen atoms in total. The molecule has 0 bridgehead atoms. The second-order valence-electron chi connectivity index (χ2n) is 6.30. The van der Waals surface area contributed by atoms with Gasteiger partial charge in [0.05, 0.1) is 0 Å². The maximum absolute atomic E-state index is 10.6. The van der Waals surface area contributed by atoms with E-state index in [4.69, 9.17) is 4.74 Å². The number of hydrogen-bond acceptors (Lipinski definition) is 3. The van der Waals surface area contributed by atoms with Gasteiger partial charge in [0.1, 0.15) is 5.75 Å². The van der Waals surface area contributed by atoms with Crippen molar-refractivity contribution in [3.8, 4) is 16.9 Å². The summed E-state index contributed by atoms with van der Waals surface area (Å²) < 4.78 is 4.96. The molecule has 0 spiro atoms. The summed E-state index contributed by atoms with van der Waals surface area (Å²) in [6.07, 6.45) is 0. The van der Waals surface area contributed by atoms with Gasteiger partial charge in [0.25, 0.3) is 6.47 Å². The van der Waals surface area contributed by atoms with E-state index in [2.05, 4.69) is 53.4 Å². The maximum Gasteiger partial charge on any atom is 0.298 e. The van der Waals surface area contributed by atoms with E-state index in [1.165, 1.54) is 0 Å². The lowest BCUT2D eigenvalue weighted by molar-refractivity contribution is -0.120. The third kappa shape index (κ3) is 3.79. The average molecular weight is 365 g/mol. The molecule has 0 aliphatic carbocycles. The Hall–Kier alpha value is -3.85. The molecular weight excluding hydrogens is 346 g/mol. The van der Waals surface area contributed by atoms with Gasteiger partial charge in [0, 0.05) is 17.1 Å². The summed E-state index contributed by atoms with van der Waals surface area (Å²) in [6.45, 7) is 0.444. The van der Waals surface area contributed by atoms with Crippen LogP contribution in [-0.4, -0.2) is 6.47 Å². The summed E-state index contributed by atoms with van der Waals surface area (Å²) in [6, 6.07) is 36.4. The van der Waals surface area contributed by atoms with E-state index in [1.807, 2.05) is 54.6 Å². The summed E-state index contributed by atoms with van der Waals surface area (Å²) >= 11 is 0. The zero-order chi connectivity index (χ0) is 19.2. The standard InChI is InChI=1S/C25H19NO2/c27-19-28-25-13-7-8-21(18-25)20-14-16-24(17-15-20)26(22-9-3-1-4-10-22)23-11-5-2-6-12-23/h1-19H. The molecule has 4 rings (SSSR count). The van der Waals surface area contributed by atoms with Crippen LogP contribution in [0, 0.1) is 0 Å². The quantitative estimate of drug-likeness (QED) is 0.372. The molecule has 0 amide bonds. The Morgan fingerprint density at radius 3 is 1.71 bits per heavy atom. The predicted octanol–water partition coefficient (Wildman–Crippen LogP) is 6.36. The normalized spacial score (nSPS) is 10.3. The van der Waals surface area contributed by atoms with Crippen LogP contribution < -0.4 is 9.64 Å². The molecule has 0 heterocycles. The SMILES string of the molecule is O=COc1cccc(-c2ccc(N(c3ccccc3)c3ccccc3)cc2)c1. The van der Waals surface area contributed by atoms with Gasteiger partial charge in [-0.3, -0.25) is 4.79 Å². The van der Waals surface area contributed by atoms with Crippen molar-refractivity contribution in [3.63, 3.8) is 0 Å². The molecular formula is C25H19NO2. The lowest BCUT2D eigenvalue weighted by Crippen LogP contribution is -2.09. The Labute approximate surface area is 164 Å². The smallest absolute Gasteiger partial charge is 0.298 e. The van der Waals surface area contributed by atoms with Gasteiger partial charge >= 0.3 is 0 Å². The van der Waals surface area contributed by atoms with Crippen LogP contribution >= 0.6 is 0 Å². The molecule has 0 unspecified atom stereocenters. The zero-order valence-corrected chi connectivity index (χ0v) is 15.2. The third-order valence-electron chi connectivity index (χ3n) is 4.51. The first kappa shape index (κ1) is 17.6. The minimum Gasteiger partial charge on any atom is -0.429 e. The van der Waals surface area contributed by atoms with Crippen molar-refractivity contribution in [2.45, 2.75) is 0 Å². The second-order valence-corrected chi connectivity index (χ2v) is 6.30. The van der Waals surface area contributed by atoms with Crippen LogP contribution in [0.3, 0.4) is 0 Å². The number of hydrogen-bond donors (Lipinski definition) is 0. The molecule has 0 N–H and O–H groups in total. The molecule has 0 saturated heterocycles. The minimum absolute atomic E-state index is 0.444. The first-order chi connectivity index (χ1) is 13.8. The number of ether oxygens (including phenoxy) is 1. The third-order valence-corrected chi connectivity index (χ3v) is 4.51. The Balaban J connectivity index is 1.71. The van der Waals surface area contributed by atoms with Crippen molar-refractivity contribution < 1.29 is 9.53 Å². The molecule has 4 aromatic rings. The number of benzene rings is 4. The molecule has 0 radical (unpaired) electrons. The molecule has 0 aliphatic rings. The summed E-state index contributed by atoms with van der Waals surface area (Å²) in [5, 5.41) is 0. The summed E-state index contributed by atoms with van der Waals surface area (Å²) in [7, 11) is 0.